The molecule has 2 atom stereocenters. The van der Waals surface area contributed by atoms with E-state index in [2.05, 4.69) is 21.8 Å². The molecule has 0 bridgehead atoms. The fourth-order valence-electron chi connectivity index (χ4n) is 3.88. The zero-order chi connectivity index (χ0) is 19.7. The number of aromatic nitrogens is 3. The van der Waals surface area contributed by atoms with Gasteiger partial charge in [-0.2, -0.15) is 5.10 Å². The molecule has 3 heterocycles. The van der Waals surface area contributed by atoms with Gasteiger partial charge in [0, 0.05) is 13.1 Å². The molecule has 0 aromatic carbocycles. The monoisotopic (exact) mass is 386 g/mol. The Balaban J connectivity index is 1.60. The minimum absolute atomic E-state index is 0.0136. The van der Waals surface area contributed by atoms with Gasteiger partial charge < -0.3 is 20.3 Å². The Labute approximate surface area is 165 Å². The van der Waals surface area contributed by atoms with Gasteiger partial charge in [0.15, 0.2) is 5.65 Å². The predicted octanol–water partition coefficient (Wildman–Crippen LogP) is 2.28. The van der Waals surface area contributed by atoms with E-state index >= 15 is 0 Å². The van der Waals surface area contributed by atoms with Crippen LogP contribution in [0.4, 0.5) is 4.79 Å². The van der Waals surface area contributed by atoms with Crippen molar-refractivity contribution in [2.45, 2.75) is 51.3 Å². The molecular formula is C20H30N6O2. The highest BCUT2D eigenvalue weighted by atomic mass is 16.5. The number of rotatable bonds is 8. The number of hydrogen-bond donors (Lipinski definition) is 2. The van der Waals surface area contributed by atoms with Gasteiger partial charge in [0.2, 0.25) is 0 Å². The van der Waals surface area contributed by atoms with Crippen molar-refractivity contribution >= 4 is 11.7 Å². The van der Waals surface area contributed by atoms with Gasteiger partial charge in [-0.25, -0.2) is 14.3 Å². The molecule has 4 rings (SSSR count). The smallest absolute Gasteiger partial charge is 0.317 e. The second kappa shape index (κ2) is 8.05. The molecule has 1 aliphatic heterocycles. The molecular weight excluding hydrogens is 356 g/mol. The Bertz CT molecular complexity index is 831. The molecule has 2 N–H and O–H groups in total. The van der Waals surface area contributed by atoms with Gasteiger partial charge in [-0.3, -0.25) is 0 Å². The van der Waals surface area contributed by atoms with Crippen molar-refractivity contribution in [2.24, 2.45) is 5.92 Å². The third-order valence-electron chi connectivity index (χ3n) is 5.52. The Kier molecular flexibility index (Phi) is 5.50. The van der Waals surface area contributed by atoms with Crippen molar-refractivity contribution in [3.8, 4) is 0 Å². The van der Waals surface area contributed by atoms with Crippen LogP contribution in [0.2, 0.25) is 0 Å². The summed E-state index contributed by atoms with van der Waals surface area (Å²) in [6, 6.07) is 2.22. The number of carbonyl (C=O) groups excluding carboxylic acids is 1. The second-order valence-electron chi connectivity index (χ2n) is 8.04. The van der Waals surface area contributed by atoms with Crippen LogP contribution < -0.4 is 10.6 Å². The normalized spacial score (nSPS) is 19.9. The molecule has 0 radical (unpaired) electrons. The maximum atomic E-state index is 12.4. The third-order valence-corrected chi connectivity index (χ3v) is 5.52. The Hall–Kier alpha value is -2.19. The lowest BCUT2D eigenvalue weighted by molar-refractivity contribution is 0.0619. The molecule has 2 aromatic rings. The van der Waals surface area contributed by atoms with Crippen molar-refractivity contribution in [1.82, 2.24) is 30.1 Å². The number of amides is 2. The fourth-order valence-corrected chi connectivity index (χ4v) is 3.88. The van der Waals surface area contributed by atoms with Crippen LogP contribution in [0, 0.1) is 5.92 Å². The summed E-state index contributed by atoms with van der Waals surface area (Å²) in [6.45, 7) is 6.17. The highest BCUT2D eigenvalue weighted by Crippen LogP contribution is 2.45. The summed E-state index contributed by atoms with van der Waals surface area (Å²) in [5.41, 5.74) is 2.79. The molecule has 1 saturated carbocycles. The van der Waals surface area contributed by atoms with Gasteiger partial charge >= 0.3 is 6.03 Å². The number of ether oxygens (including phenoxy) is 1. The summed E-state index contributed by atoms with van der Waals surface area (Å²) < 4.78 is 7.56. The topological polar surface area (TPSA) is 83.8 Å². The average molecular weight is 387 g/mol. The molecule has 2 aliphatic rings. The summed E-state index contributed by atoms with van der Waals surface area (Å²) in [5, 5.41) is 10.8. The highest BCUT2D eigenvalue weighted by Gasteiger charge is 2.39. The van der Waals surface area contributed by atoms with Crippen LogP contribution in [0.15, 0.2) is 18.5 Å². The first-order chi connectivity index (χ1) is 13.6. The van der Waals surface area contributed by atoms with E-state index in [9.17, 15) is 4.79 Å². The van der Waals surface area contributed by atoms with Crippen molar-refractivity contribution in [1.29, 1.82) is 0 Å². The number of nitrogens with zero attached hydrogens (tertiary/aromatic N) is 4. The number of fused-ring (bicyclic) bond motifs is 1. The summed E-state index contributed by atoms with van der Waals surface area (Å²) >= 11 is 0. The Morgan fingerprint density at radius 1 is 1.39 bits per heavy atom. The zero-order valence-electron chi connectivity index (χ0n) is 16.9. The first-order valence-corrected chi connectivity index (χ1v) is 10.3. The van der Waals surface area contributed by atoms with E-state index in [4.69, 9.17) is 9.72 Å². The van der Waals surface area contributed by atoms with Gasteiger partial charge in [0.05, 0.1) is 42.9 Å². The summed E-state index contributed by atoms with van der Waals surface area (Å²) in [7, 11) is 1.91. The molecule has 28 heavy (non-hydrogen) atoms. The Morgan fingerprint density at radius 2 is 2.21 bits per heavy atom. The number of likely N-dealkylation sites (N-methyl/N-ethyl adjacent to an activating group) is 1. The van der Waals surface area contributed by atoms with Crippen LogP contribution in [0.5, 0.6) is 0 Å². The average Bonchev–Trinajstić information content (AvgIpc) is 3.42. The summed E-state index contributed by atoms with van der Waals surface area (Å²) in [6.07, 6.45) is 7.32. The second-order valence-corrected chi connectivity index (χ2v) is 8.04. The van der Waals surface area contributed by atoms with Crippen molar-refractivity contribution in [3.05, 3.63) is 29.7 Å². The van der Waals surface area contributed by atoms with E-state index in [-0.39, 0.29) is 24.2 Å². The van der Waals surface area contributed by atoms with E-state index in [1.807, 2.05) is 38.2 Å². The van der Waals surface area contributed by atoms with Gasteiger partial charge in [-0.15, -0.1) is 0 Å². The number of urea groups is 1. The van der Waals surface area contributed by atoms with Gasteiger partial charge in [0.25, 0.3) is 0 Å². The minimum Gasteiger partial charge on any atom is -0.377 e. The minimum atomic E-state index is 0.0136. The first-order valence-electron chi connectivity index (χ1n) is 10.3. The summed E-state index contributed by atoms with van der Waals surface area (Å²) in [5.74, 6) is 0.520. The molecule has 2 amide bonds. The Morgan fingerprint density at radius 3 is 2.89 bits per heavy atom. The lowest BCUT2D eigenvalue weighted by Crippen LogP contribution is -2.48. The fraction of sp³-hybridized carbons (Fsp3) is 0.650. The van der Waals surface area contributed by atoms with Crippen LogP contribution >= 0.6 is 0 Å². The quantitative estimate of drug-likeness (QED) is 0.727. The van der Waals surface area contributed by atoms with Crippen molar-refractivity contribution in [3.63, 3.8) is 0 Å². The van der Waals surface area contributed by atoms with Crippen LogP contribution in [0.25, 0.3) is 5.65 Å². The van der Waals surface area contributed by atoms with Crippen molar-refractivity contribution < 1.29 is 9.53 Å². The van der Waals surface area contributed by atoms with Gasteiger partial charge in [0.1, 0.15) is 0 Å². The lowest BCUT2D eigenvalue weighted by Gasteiger charge is -2.35. The van der Waals surface area contributed by atoms with E-state index in [0.717, 1.165) is 49.3 Å². The molecule has 2 aromatic heterocycles. The van der Waals surface area contributed by atoms with E-state index in [0.29, 0.717) is 12.5 Å². The van der Waals surface area contributed by atoms with Crippen molar-refractivity contribution in [2.75, 3.05) is 26.7 Å². The molecule has 8 heteroatoms. The summed E-state index contributed by atoms with van der Waals surface area (Å²) in [4.78, 5) is 19.2. The van der Waals surface area contributed by atoms with Gasteiger partial charge in [-0.1, -0.05) is 0 Å². The molecule has 2 unspecified atom stereocenters. The molecule has 1 aliphatic carbocycles. The van der Waals surface area contributed by atoms with Crippen LogP contribution in [0.3, 0.4) is 0 Å². The maximum absolute atomic E-state index is 12.4. The first kappa shape index (κ1) is 19.1. The van der Waals surface area contributed by atoms with Crippen LogP contribution in [-0.2, 0) is 4.74 Å². The number of hydrogen-bond acceptors (Lipinski definition) is 5. The predicted molar refractivity (Wildman–Crippen MR) is 106 cm³/mol. The van der Waals surface area contributed by atoms with E-state index in [1.54, 1.807) is 4.52 Å². The molecule has 8 nitrogen and oxygen atoms in total. The van der Waals surface area contributed by atoms with Crippen LogP contribution in [-0.4, -0.2) is 58.4 Å². The molecule has 152 valence electrons. The third kappa shape index (κ3) is 3.98. The van der Waals surface area contributed by atoms with Crippen LogP contribution in [0.1, 0.15) is 56.5 Å². The molecule has 1 saturated heterocycles. The largest absolute Gasteiger partial charge is 0.377 e. The van der Waals surface area contributed by atoms with E-state index in [1.165, 1.54) is 0 Å². The number of imidazole rings is 1. The number of nitrogens with one attached hydrogen (secondary N) is 2. The zero-order valence-corrected chi connectivity index (χ0v) is 16.9. The van der Waals surface area contributed by atoms with E-state index < -0.39 is 0 Å². The lowest BCUT2D eigenvalue weighted by atomic mass is 10.0. The standard InChI is InChI=1S/C20H30N6O2/c1-13(2)28-12-17(21-3)16-11-26-18(24-16)9-15(10-23-26)19(14-5-6-14)25-8-4-7-22-20(25)27/h9-11,13-14,17,19,21H,4-8,12H2,1-3H3,(H,22,27). The molecule has 0 spiro atoms. The maximum Gasteiger partial charge on any atom is 0.317 e. The molecule has 2 fully saturated rings. The SMILES string of the molecule is CNC(COC(C)C)c1cn2ncc(C(C3CC3)N3CCCNC3=O)cc2n1. The van der Waals surface area contributed by atoms with Gasteiger partial charge in [-0.05, 0) is 57.7 Å². The number of carbonyl (C=O) groups is 1. The highest BCUT2D eigenvalue weighted by molar-refractivity contribution is 5.75.